The Bertz CT molecular complexity index is 801. The molecule has 124 valence electrons. The van der Waals surface area contributed by atoms with Crippen LogP contribution in [-0.2, 0) is 17.8 Å². The van der Waals surface area contributed by atoms with Gasteiger partial charge < -0.3 is 10.1 Å². The molecule has 3 rings (SSSR count). The van der Waals surface area contributed by atoms with Crippen LogP contribution in [0, 0.1) is 0 Å². The lowest BCUT2D eigenvalue weighted by molar-refractivity contribution is -0.120. The van der Waals surface area contributed by atoms with E-state index in [9.17, 15) is 13.6 Å². The number of alkyl halides is 2. The van der Waals surface area contributed by atoms with E-state index in [0.29, 0.717) is 6.54 Å². The zero-order valence-electron chi connectivity index (χ0n) is 12.5. The summed E-state index contributed by atoms with van der Waals surface area (Å²) in [6.45, 7) is -2.49. The highest BCUT2D eigenvalue weighted by atomic mass is 32.1. The average Bonchev–Trinajstić information content (AvgIpc) is 2.97. The van der Waals surface area contributed by atoms with Crippen LogP contribution in [0.5, 0.6) is 5.75 Å². The molecule has 0 unspecified atom stereocenters. The second-order valence-corrected chi connectivity index (χ2v) is 6.17. The van der Waals surface area contributed by atoms with E-state index < -0.39 is 6.61 Å². The number of hydrogen-bond acceptors (Lipinski definition) is 4. The molecule has 24 heavy (non-hydrogen) atoms. The molecule has 0 saturated carbocycles. The van der Waals surface area contributed by atoms with Crippen molar-refractivity contribution in [3.05, 3.63) is 59.1 Å². The number of aromatic nitrogens is 1. The van der Waals surface area contributed by atoms with E-state index in [-0.39, 0.29) is 18.1 Å². The first kappa shape index (κ1) is 16.3. The van der Waals surface area contributed by atoms with Crippen molar-refractivity contribution in [1.82, 2.24) is 10.3 Å². The summed E-state index contributed by atoms with van der Waals surface area (Å²) in [5, 5.41) is 3.65. The van der Waals surface area contributed by atoms with E-state index in [1.165, 1.54) is 23.5 Å². The lowest BCUT2D eigenvalue weighted by atomic mass is 10.1. The van der Waals surface area contributed by atoms with Crippen LogP contribution in [0.25, 0.3) is 10.2 Å². The van der Waals surface area contributed by atoms with Crippen molar-refractivity contribution < 1.29 is 18.3 Å². The minimum Gasteiger partial charge on any atom is -0.435 e. The van der Waals surface area contributed by atoms with Gasteiger partial charge in [0, 0.05) is 0 Å². The molecular weight excluding hydrogens is 334 g/mol. The third kappa shape index (κ3) is 4.26. The quantitative estimate of drug-likeness (QED) is 0.738. The van der Waals surface area contributed by atoms with Gasteiger partial charge in [0.25, 0.3) is 0 Å². The fraction of sp³-hybridized carbons (Fsp3) is 0.176. The second-order valence-electron chi connectivity index (χ2n) is 5.05. The van der Waals surface area contributed by atoms with Gasteiger partial charge in [-0.2, -0.15) is 8.78 Å². The molecule has 0 bridgehead atoms. The number of fused-ring (bicyclic) bond motifs is 1. The van der Waals surface area contributed by atoms with Crippen LogP contribution in [0.4, 0.5) is 8.78 Å². The number of para-hydroxylation sites is 1. The van der Waals surface area contributed by atoms with Crippen molar-refractivity contribution in [2.45, 2.75) is 19.6 Å². The Morgan fingerprint density at radius 2 is 1.92 bits per heavy atom. The number of hydrogen-bond donors (Lipinski definition) is 1. The molecule has 0 fully saturated rings. The smallest absolute Gasteiger partial charge is 0.387 e. The maximum absolute atomic E-state index is 12.1. The number of nitrogens with zero attached hydrogens (tertiary/aromatic N) is 1. The highest BCUT2D eigenvalue weighted by Gasteiger charge is 2.08. The zero-order chi connectivity index (χ0) is 16.9. The first-order valence-corrected chi connectivity index (χ1v) is 8.07. The summed E-state index contributed by atoms with van der Waals surface area (Å²) >= 11 is 1.54. The Kier molecular flexibility index (Phi) is 5.00. The maximum atomic E-state index is 12.1. The minimum absolute atomic E-state index is 0.0728. The normalized spacial score (nSPS) is 11.0. The van der Waals surface area contributed by atoms with Gasteiger partial charge in [-0.05, 0) is 29.8 Å². The molecule has 0 aliphatic carbocycles. The SMILES string of the molecule is O=C(Cc1ccc(OC(F)F)cc1)NCc1nc2ccccc2s1. The Hall–Kier alpha value is -2.54. The molecule has 1 amide bonds. The van der Waals surface area contributed by atoms with Gasteiger partial charge in [0.15, 0.2) is 0 Å². The van der Waals surface area contributed by atoms with E-state index in [0.717, 1.165) is 20.8 Å². The molecule has 1 N–H and O–H groups in total. The number of amides is 1. The average molecular weight is 348 g/mol. The molecule has 0 aliphatic heterocycles. The number of nitrogens with one attached hydrogen (secondary N) is 1. The molecule has 7 heteroatoms. The molecule has 4 nitrogen and oxygen atoms in total. The molecule has 3 aromatic rings. The third-order valence-corrected chi connectivity index (χ3v) is 4.32. The summed E-state index contributed by atoms with van der Waals surface area (Å²) in [6.07, 6.45) is 0.167. The third-order valence-electron chi connectivity index (χ3n) is 3.29. The van der Waals surface area contributed by atoms with Crippen LogP contribution in [0.3, 0.4) is 0 Å². The number of rotatable bonds is 6. The van der Waals surface area contributed by atoms with E-state index in [1.54, 1.807) is 12.1 Å². The van der Waals surface area contributed by atoms with Crippen LogP contribution in [0.15, 0.2) is 48.5 Å². The molecule has 2 aromatic carbocycles. The summed E-state index contributed by atoms with van der Waals surface area (Å²) in [5.74, 6) is -0.0829. The summed E-state index contributed by atoms with van der Waals surface area (Å²) in [7, 11) is 0. The first-order chi connectivity index (χ1) is 11.6. The summed E-state index contributed by atoms with van der Waals surface area (Å²) in [6, 6.07) is 13.8. The van der Waals surface area contributed by atoms with Crippen LogP contribution in [0.2, 0.25) is 0 Å². The van der Waals surface area contributed by atoms with Crippen molar-refractivity contribution in [3.63, 3.8) is 0 Å². The fourth-order valence-electron chi connectivity index (χ4n) is 2.21. The molecule has 0 aliphatic rings. The van der Waals surface area contributed by atoms with Crippen LogP contribution >= 0.6 is 11.3 Å². The number of ether oxygens (including phenoxy) is 1. The predicted molar refractivity (Wildman–Crippen MR) is 88.2 cm³/mol. The van der Waals surface area contributed by atoms with Crippen molar-refractivity contribution in [1.29, 1.82) is 0 Å². The number of carbonyl (C=O) groups is 1. The number of thiazole rings is 1. The maximum Gasteiger partial charge on any atom is 0.387 e. The second kappa shape index (κ2) is 7.35. The standard InChI is InChI=1S/C17H14F2N2O2S/c18-17(19)23-12-7-5-11(6-8-12)9-15(22)20-10-16-21-13-3-1-2-4-14(13)24-16/h1-8,17H,9-10H2,(H,20,22). The largest absolute Gasteiger partial charge is 0.435 e. The highest BCUT2D eigenvalue weighted by molar-refractivity contribution is 7.18. The van der Waals surface area contributed by atoms with Crippen molar-refractivity contribution >= 4 is 27.5 Å². The summed E-state index contributed by atoms with van der Waals surface area (Å²) in [5.41, 5.74) is 1.64. The predicted octanol–water partition coefficient (Wildman–Crippen LogP) is 3.76. The Balaban J connectivity index is 1.53. The lowest BCUT2D eigenvalue weighted by Crippen LogP contribution is -2.24. The van der Waals surface area contributed by atoms with Gasteiger partial charge in [-0.1, -0.05) is 24.3 Å². The molecule has 0 spiro atoms. The Morgan fingerprint density at radius 3 is 2.62 bits per heavy atom. The van der Waals surface area contributed by atoms with Crippen molar-refractivity contribution in [3.8, 4) is 5.75 Å². The monoisotopic (exact) mass is 348 g/mol. The number of halogens is 2. The minimum atomic E-state index is -2.85. The summed E-state index contributed by atoms with van der Waals surface area (Å²) in [4.78, 5) is 16.4. The van der Waals surface area contributed by atoms with Gasteiger partial charge in [0.1, 0.15) is 10.8 Å². The number of carbonyl (C=O) groups excluding carboxylic acids is 1. The molecule has 1 aromatic heterocycles. The van der Waals surface area contributed by atoms with E-state index in [2.05, 4.69) is 15.0 Å². The fourth-order valence-corrected chi connectivity index (χ4v) is 3.11. The molecule has 1 heterocycles. The van der Waals surface area contributed by atoms with Crippen molar-refractivity contribution in [2.75, 3.05) is 0 Å². The van der Waals surface area contributed by atoms with Crippen LogP contribution in [-0.4, -0.2) is 17.5 Å². The molecule has 0 radical (unpaired) electrons. The van der Waals surface area contributed by atoms with Gasteiger partial charge in [0.05, 0.1) is 23.2 Å². The molecule has 0 saturated heterocycles. The van der Waals surface area contributed by atoms with Crippen molar-refractivity contribution in [2.24, 2.45) is 0 Å². The van der Waals surface area contributed by atoms with Gasteiger partial charge in [-0.15, -0.1) is 11.3 Å². The topological polar surface area (TPSA) is 51.2 Å². The Labute approximate surface area is 141 Å². The zero-order valence-corrected chi connectivity index (χ0v) is 13.4. The van der Waals surface area contributed by atoms with Crippen LogP contribution < -0.4 is 10.1 Å². The van der Waals surface area contributed by atoms with E-state index >= 15 is 0 Å². The van der Waals surface area contributed by atoms with E-state index in [1.807, 2.05) is 24.3 Å². The Morgan fingerprint density at radius 1 is 1.17 bits per heavy atom. The molecule has 0 atom stereocenters. The van der Waals surface area contributed by atoms with Gasteiger partial charge in [-0.3, -0.25) is 4.79 Å². The first-order valence-electron chi connectivity index (χ1n) is 7.25. The van der Waals surface area contributed by atoms with Gasteiger partial charge in [0.2, 0.25) is 5.91 Å². The highest BCUT2D eigenvalue weighted by Crippen LogP contribution is 2.21. The van der Waals surface area contributed by atoms with Gasteiger partial charge >= 0.3 is 6.61 Å². The molecular formula is C17H14F2N2O2S. The lowest BCUT2D eigenvalue weighted by Gasteiger charge is -2.06. The summed E-state index contributed by atoms with van der Waals surface area (Å²) < 4.78 is 29.5. The number of benzene rings is 2. The van der Waals surface area contributed by atoms with E-state index in [4.69, 9.17) is 0 Å². The van der Waals surface area contributed by atoms with Crippen LogP contribution in [0.1, 0.15) is 10.6 Å². The van der Waals surface area contributed by atoms with Gasteiger partial charge in [-0.25, -0.2) is 4.98 Å².